The summed E-state index contributed by atoms with van der Waals surface area (Å²) in [5.41, 5.74) is 7.96. The normalized spacial score (nSPS) is 13.3. The first-order chi connectivity index (χ1) is 6.81. The van der Waals surface area contributed by atoms with Gasteiger partial charge in [0.1, 0.15) is 0 Å². The van der Waals surface area contributed by atoms with E-state index in [9.17, 15) is 0 Å². The zero-order chi connectivity index (χ0) is 9.97. The summed E-state index contributed by atoms with van der Waals surface area (Å²) in [4.78, 5) is 3.24. The van der Waals surface area contributed by atoms with Crippen LogP contribution in [0.2, 0.25) is 0 Å². The van der Waals surface area contributed by atoms with Crippen LogP contribution in [0.1, 0.15) is 18.2 Å². The largest absolute Gasteiger partial charge is 0.396 e. The van der Waals surface area contributed by atoms with Crippen LogP contribution >= 0.6 is 0 Å². The molecule has 0 aliphatic carbocycles. The number of aromatic amines is 1. The first-order valence-electron chi connectivity index (χ1n) is 4.75. The molecule has 1 atom stereocenters. The lowest BCUT2D eigenvalue weighted by Crippen LogP contribution is -2.11. The molecule has 0 saturated carbocycles. The summed E-state index contributed by atoms with van der Waals surface area (Å²) in [6.45, 7) is 0.122. The summed E-state index contributed by atoms with van der Waals surface area (Å²) in [5, 5.41) is 9.94. The van der Waals surface area contributed by atoms with Crippen LogP contribution in [0.15, 0.2) is 30.3 Å². The van der Waals surface area contributed by atoms with Crippen molar-refractivity contribution in [1.82, 2.24) is 4.98 Å². The number of rotatable bonds is 3. The van der Waals surface area contributed by atoms with Crippen LogP contribution in [0.5, 0.6) is 0 Å². The monoisotopic (exact) mass is 190 g/mol. The van der Waals surface area contributed by atoms with Crippen LogP contribution in [-0.2, 0) is 0 Å². The first-order valence-corrected chi connectivity index (χ1v) is 4.75. The Balaban J connectivity index is 2.35. The number of para-hydroxylation sites is 1. The van der Waals surface area contributed by atoms with Crippen LogP contribution in [0, 0.1) is 0 Å². The fourth-order valence-corrected chi connectivity index (χ4v) is 1.59. The fourth-order valence-electron chi connectivity index (χ4n) is 1.59. The first kappa shape index (κ1) is 9.24. The SMILES string of the molecule is N[C@H](CCO)c1cc2ccccc2[nH]1. The van der Waals surface area contributed by atoms with Gasteiger partial charge in [0, 0.05) is 23.9 Å². The molecule has 74 valence electrons. The van der Waals surface area contributed by atoms with Gasteiger partial charge in [-0.1, -0.05) is 18.2 Å². The van der Waals surface area contributed by atoms with E-state index in [1.807, 2.05) is 30.3 Å². The number of nitrogens with two attached hydrogens (primary N) is 1. The van der Waals surface area contributed by atoms with Crippen molar-refractivity contribution in [2.45, 2.75) is 12.5 Å². The van der Waals surface area contributed by atoms with Gasteiger partial charge in [-0.05, 0) is 23.9 Å². The van der Waals surface area contributed by atoms with Crippen molar-refractivity contribution in [3.05, 3.63) is 36.0 Å². The van der Waals surface area contributed by atoms with Crippen LogP contribution < -0.4 is 5.73 Å². The molecule has 14 heavy (non-hydrogen) atoms. The highest BCUT2D eigenvalue weighted by atomic mass is 16.3. The maximum Gasteiger partial charge on any atom is 0.0470 e. The summed E-state index contributed by atoms with van der Waals surface area (Å²) < 4.78 is 0. The van der Waals surface area contributed by atoms with Gasteiger partial charge in [-0.15, -0.1) is 0 Å². The van der Waals surface area contributed by atoms with Crippen molar-refractivity contribution in [3.63, 3.8) is 0 Å². The molecule has 1 heterocycles. The minimum atomic E-state index is -0.104. The Morgan fingerprint density at radius 3 is 2.86 bits per heavy atom. The Labute approximate surface area is 82.6 Å². The highest BCUT2D eigenvalue weighted by Crippen LogP contribution is 2.19. The third kappa shape index (κ3) is 1.64. The van der Waals surface area contributed by atoms with Gasteiger partial charge >= 0.3 is 0 Å². The molecule has 0 radical (unpaired) electrons. The average molecular weight is 190 g/mol. The van der Waals surface area contributed by atoms with E-state index in [2.05, 4.69) is 4.98 Å². The number of aliphatic hydroxyl groups is 1. The Morgan fingerprint density at radius 1 is 1.36 bits per heavy atom. The molecule has 0 unspecified atom stereocenters. The minimum Gasteiger partial charge on any atom is -0.396 e. The second-order valence-electron chi connectivity index (χ2n) is 3.43. The molecule has 0 aliphatic rings. The Bertz CT molecular complexity index is 389. The number of hydrogen-bond acceptors (Lipinski definition) is 2. The number of nitrogens with one attached hydrogen (secondary N) is 1. The van der Waals surface area contributed by atoms with Gasteiger partial charge in [-0.25, -0.2) is 0 Å². The molecule has 4 N–H and O–H groups in total. The lowest BCUT2D eigenvalue weighted by molar-refractivity contribution is 0.276. The number of fused-ring (bicyclic) bond motifs is 1. The van der Waals surface area contributed by atoms with Crippen molar-refractivity contribution in [3.8, 4) is 0 Å². The number of hydrogen-bond donors (Lipinski definition) is 3. The summed E-state index contributed by atoms with van der Waals surface area (Å²) >= 11 is 0. The smallest absolute Gasteiger partial charge is 0.0470 e. The summed E-state index contributed by atoms with van der Waals surface area (Å²) in [7, 11) is 0. The van der Waals surface area contributed by atoms with Crippen LogP contribution in [0.3, 0.4) is 0 Å². The highest BCUT2D eigenvalue weighted by molar-refractivity contribution is 5.80. The van der Waals surface area contributed by atoms with Crippen molar-refractivity contribution in [2.24, 2.45) is 5.73 Å². The Hall–Kier alpha value is -1.32. The maximum absolute atomic E-state index is 8.78. The molecule has 0 spiro atoms. The fraction of sp³-hybridized carbons (Fsp3) is 0.273. The molecular formula is C11H14N2O. The predicted molar refractivity (Wildman–Crippen MR) is 56.9 cm³/mol. The van der Waals surface area contributed by atoms with E-state index in [1.165, 1.54) is 0 Å². The minimum absolute atomic E-state index is 0.104. The molecular weight excluding hydrogens is 176 g/mol. The molecule has 0 saturated heterocycles. The van der Waals surface area contributed by atoms with E-state index >= 15 is 0 Å². The van der Waals surface area contributed by atoms with E-state index in [1.54, 1.807) is 0 Å². The number of aliphatic hydroxyl groups excluding tert-OH is 1. The van der Waals surface area contributed by atoms with E-state index in [0.29, 0.717) is 6.42 Å². The van der Waals surface area contributed by atoms with Gasteiger partial charge in [0.05, 0.1) is 0 Å². The van der Waals surface area contributed by atoms with Gasteiger partial charge in [0.15, 0.2) is 0 Å². The molecule has 0 aliphatic heterocycles. The summed E-state index contributed by atoms with van der Waals surface area (Å²) in [6, 6.07) is 9.98. The highest BCUT2D eigenvalue weighted by Gasteiger charge is 2.07. The topological polar surface area (TPSA) is 62.0 Å². The van der Waals surface area contributed by atoms with E-state index in [0.717, 1.165) is 16.6 Å². The third-order valence-corrected chi connectivity index (χ3v) is 2.39. The zero-order valence-electron chi connectivity index (χ0n) is 7.90. The standard InChI is InChI=1S/C11H14N2O/c12-9(5-6-14)11-7-8-3-1-2-4-10(8)13-11/h1-4,7,9,13-14H,5-6,12H2/t9-/m1/s1. The number of aromatic nitrogens is 1. The Morgan fingerprint density at radius 2 is 2.14 bits per heavy atom. The maximum atomic E-state index is 8.78. The van der Waals surface area contributed by atoms with Crippen LogP contribution in [-0.4, -0.2) is 16.7 Å². The van der Waals surface area contributed by atoms with Crippen molar-refractivity contribution in [1.29, 1.82) is 0 Å². The molecule has 2 rings (SSSR count). The molecule has 0 bridgehead atoms. The predicted octanol–water partition coefficient (Wildman–Crippen LogP) is 1.55. The zero-order valence-corrected chi connectivity index (χ0v) is 7.90. The quantitative estimate of drug-likeness (QED) is 0.687. The van der Waals surface area contributed by atoms with Gasteiger partial charge in [-0.3, -0.25) is 0 Å². The van der Waals surface area contributed by atoms with E-state index in [4.69, 9.17) is 10.8 Å². The lowest BCUT2D eigenvalue weighted by atomic mass is 10.1. The van der Waals surface area contributed by atoms with Gasteiger partial charge in [0.25, 0.3) is 0 Å². The second-order valence-corrected chi connectivity index (χ2v) is 3.43. The molecule has 3 nitrogen and oxygen atoms in total. The Kier molecular flexibility index (Phi) is 2.52. The van der Waals surface area contributed by atoms with Gasteiger partial charge in [-0.2, -0.15) is 0 Å². The van der Waals surface area contributed by atoms with Gasteiger partial charge in [0.2, 0.25) is 0 Å². The lowest BCUT2D eigenvalue weighted by Gasteiger charge is -2.06. The molecule has 2 aromatic rings. The van der Waals surface area contributed by atoms with Crippen LogP contribution in [0.25, 0.3) is 10.9 Å². The number of benzene rings is 1. The van der Waals surface area contributed by atoms with Gasteiger partial charge < -0.3 is 15.8 Å². The van der Waals surface area contributed by atoms with Crippen LogP contribution in [0.4, 0.5) is 0 Å². The van der Waals surface area contributed by atoms with Crippen molar-refractivity contribution >= 4 is 10.9 Å². The second kappa shape index (κ2) is 3.82. The molecule has 3 heteroatoms. The van der Waals surface area contributed by atoms with Crippen molar-refractivity contribution in [2.75, 3.05) is 6.61 Å². The molecule has 0 amide bonds. The van der Waals surface area contributed by atoms with Crippen molar-refractivity contribution < 1.29 is 5.11 Å². The molecule has 0 fully saturated rings. The number of H-pyrrole nitrogens is 1. The van der Waals surface area contributed by atoms with E-state index in [-0.39, 0.29) is 12.6 Å². The average Bonchev–Trinajstić information content (AvgIpc) is 2.61. The van der Waals surface area contributed by atoms with E-state index < -0.39 is 0 Å². The summed E-state index contributed by atoms with van der Waals surface area (Å²) in [5.74, 6) is 0. The summed E-state index contributed by atoms with van der Waals surface area (Å²) in [6.07, 6.45) is 0.590. The molecule has 1 aromatic carbocycles. The molecule has 1 aromatic heterocycles. The third-order valence-electron chi connectivity index (χ3n) is 2.39.